The number of carbonyl (C=O) groups excluding carboxylic acids is 1. The Hall–Kier alpha value is -1.94. The summed E-state index contributed by atoms with van der Waals surface area (Å²) in [4.78, 5) is 12.6. The van der Waals surface area contributed by atoms with Crippen LogP contribution in [-0.4, -0.2) is 50.7 Å². The zero-order valence-corrected chi connectivity index (χ0v) is 18.6. The van der Waals surface area contributed by atoms with E-state index in [-0.39, 0.29) is 27.6 Å². The van der Waals surface area contributed by atoms with E-state index in [2.05, 4.69) is 5.32 Å². The van der Waals surface area contributed by atoms with Gasteiger partial charge in [0.25, 0.3) is 0 Å². The normalized spacial score (nSPS) is 16.2. The lowest BCUT2D eigenvalue weighted by Crippen LogP contribution is -2.40. The summed E-state index contributed by atoms with van der Waals surface area (Å²) in [6.45, 7) is 5.06. The van der Waals surface area contributed by atoms with Crippen LogP contribution in [0.5, 0.6) is 0 Å². The molecule has 0 bridgehead atoms. The average Bonchev–Trinajstić information content (AvgIpc) is 2.74. The highest BCUT2D eigenvalue weighted by molar-refractivity contribution is 8.00. The predicted octanol–water partition coefficient (Wildman–Crippen LogP) is 3.59. The van der Waals surface area contributed by atoms with Gasteiger partial charge in [0, 0.05) is 24.0 Å². The molecule has 1 unspecified atom stereocenters. The minimum atomic E-state index is -3.65. The minimum Gasteiger partial charge on any atom is -0.379 e. The first kappa shape index (κ1) is 22.7. The van der Waals surface area contributed by atoms with Crippen LogP contribution in [0, 0.1) is 12.7 Å². The van der Waals surface area contributed by atoms with E-state index in [4.69, 9.17) is 4.74 Å². The molecule has 1 N–H and O–H groups in total. The number of nitrogens with one attached hydrogen (secondary N) is 1. The molecule has 1 aliphatic rings. The topological polar surface area (TPSA) is 75.7 Å². The molecular weight excluding hydrogens is 427 g/mol. The number of ether oxygens (including phenoxy) is 1. The van der Waals surface area contributed by atoms with Gasteiger partial charge >= 0.3 is 0 Å². The third-order valence-electron chi connectivity index (χ3n) is 4.86. The van der Waals surface area contributed by atoms with Gasteiger partial charge in [-0.3, -0.25) is 4.79 Å². The Morgan fingerprint density at radius 2 is 1.87 bits per heavy atom. The zero-order chi connectivity index (χ0) is 21.7. The van der Waals surface area contributed by atoms with Crippen LogP contribution in [0.3, 0.4) is 0 Å². The lowest BCUT2D eigenvalue weighted by atomic mass is 10.2. The number of hydrogen-bond donors (Lipinski definition) is 1. The zero-order valence-electron chi connectivity index (χ0n) is 16.9. The molecule has 0 radical (unpaired) electrons. The number of morpholine rings is 1. The Bertz CT molecular complexity index is 991. The minimum absolute atomic E-state index is 0.0200. The van der Waals surface area contributed by atoms with E-state index in [0.717, 1.165) is 5.56 Å². The van der Waals surface area contributed by atoms with Crippen LogP contribution in [0.2, 0.25) is 0 Å². The molecule has 1 atom stereocenters. The third-order valence-corrected chi connectivity index (χ3v) is 8.11. The van der Waals surface area contributed by atoms with Crippen molar-refractivity contribution in [1.29, 1.82) is 0 Å². The van der Waals surface area contributed by atoms with Crippen molar-refractivity contribution in [3.8, 4) is 0 Å². The predicted molar refractivity (Wildman–Crippen MR) is 117 cm³/mol. The second-order valence-electron chi connectivity index (χ2n) is 7.05. The molecule has 1 aliphatic heterocycles. The summed E-state index contributed by atoms with van der Waals surface area (Å²) < 4.78 is 45.6. The van der Waals surface area contributed by atoms with Crippen molar-refractivity contribution >= 4 is 33.4 Å². The quantitative estimate of drug-likeness (QED) is 0.695. The fourth-order valence-corrected chi connectivity index (χ4v) is 5.59. The number of rotatable bonds is 7. The maximum absolute atomic E-state index is 13.0. The van der Waals surface area contributed by atoms with Crippen LogP contribution < -0.4 is 5.32 Å². The Labute approximate surface area is 180 Å². The molecule has 30 heavy (non-hydrogen) atoms. The number of aryl methyl sites for hydroxylation is 1. The number of thioether (sulfide) groups is 1. The highest BCUT2D eigenvalue weighted by atomic mass is 32.2. The summed E-state index contributed by atoms with van der Waals surface area (Å²) >= 11 is 1.42. The van der Waals surface area contributed by atoms with E-state index in [1.54, 1.807) is 31.2 Å². The van der Waals surface area contributed by atoms with Crippen LogP contribution in [0.1, 0.15) is 23.3 Å². The molecule has 1 fully saturated rings. The van der Waals surface area contributed by atoms with Crippen LogP contribution in [0.15, 0.2) is 47.4 Å². The lowest BCUT2D eigenvalue weighted by molar-refractivity contribution is -0.113. The second-order valence-corrected chi connectivity index (χ2v) is 10.3. The summed E-state index contributed by atoms with van der Waals surface area (Å²) in [5.74, 6) is -0.332. The van der Waals surface area contributed by atoms with Crippen molar-refractivity contribution < 1.29 is 22.3 Å². The first-order valence-corrected chi connectivity index (χ1v) is 12.1. The van der Waals surface area contributed by atoms with E-state index in [1.165, 1.54) is 34.3 Å². The SMILES string of the molecule is Cc1ccc(NC(=O)CSC(C)c2ccc(F)cc2)cc1S(=O)(=O)N1CCOCC1. The fourth-order valence-electron chi connectivity index (χ4n) is 3.11. The van der Waals surface area contributed by atoms with Gasteiger partial charge in [0.15, 0.2) is 0 Å². The average molecular weight is 453 g/mol. The van der Waals surface area contributed by atoms with Gasteiger partial charge in [0.05, 0.1) is 23.9 Å². The molecular formula is C21H25FN2O4S2. The molecule has 3 rings (SSSR count). The highest BCUT2D eigenvalue weighted by Crippen LogP contribution is 2.29. The van der Waals surface area contributed by atoms with E-state index in [9.17, 15) is 17.6 Å². The molecule has 2 aromatic carbocycles. The summed E-state index contributed by atoms with van der Waals surface area (Å²) in [7, 11) is -3.65. The van der Waals surface area contributed by atoms with Gasteiger partial charge in [-0.2, -0.15) is 4.31 Å². The molecule has 0 aromatic heterocycles. The molecule has 2 aromatic rings. The van der Waals surface area contributed by atoms with Crippen LogP contribution in [0.4, 0.5) is 10.1 Å². The molecule has 162 valence electrons. The van der Waals surface area contributed by atoms with Crippen LogP contribution in [0.25, 0.3) is 0 Å². The van der Waals surface area contributed by atoms with Gasteiger partial charge in [0.2, 0.25) is 15.9 Å². The number of benzene rings is 2. The Kier molecular flexibility index (Phi) is 7.51. The molecule has 0 aliphatic carbocycles. The molecule has 1 heterocycles. The summed E-state index contributed by atoms with van der Waals surface area (Å²) in [5, 5.41) is 2.79. The number of halogens is 1. The molecule has 9 heteroatoms. The number of hydrogen-bond acceptors (Lipinski definition) is 5. The van der Waals surface area contributed by atoms with Crippen molar-refractivity contribution in [1.82, 2.24) is 4.31 Å². The van der Waals surface area contributed by atoms with Gasteiger partial charge in [-0.25, -0.2) is 12.8 Å². The van der Waals surface area contributed by atoms with Crippen LogP contribution >= 0.6 is 11.8 Å². The van der Waals surface area contributed by atoms with Crippen molar-refractivity contribution in [2.75, 3.05) is 37.4 Å². The second kappa shape index (κ2) is 9.91. The van der Waals surface area contributed by atoms with Crippen molar-refractivity contribution in [3.63, 3.8) is 0 Å². The van der Waals surface area contributed by atoms with E-state index in [0.29, 0.717) is 37.6 Å². The van der Waals surface area contributed by atoms with E-state index < -0.39 is 10.0 Å². The van der Waals surface area contributed by atoms with Gasteiger partial charge in [-0.15, -0.1) is 11.8 Å². The van der Waals surface area contributed by atoms with Crippen molar-refractivity contribution in [2.45, 2.75) is 24.0 Å². The van der Waals surface area contributed by atoms with E-state index >= 15 is 0 Å². The number of anilines is 1. The van der Waals surface area contributed by atoms with Gasteiger partial charge < -0.3 is 10.1 Å². The first-order valence-electron chi connectivity index (χ1n) is 9.63. The maximum Gasteiger partial charge on any atom is 0.243 e. The Balaban J connectivity index is 1.64. The van der Waals surface area contributed by atoms with Crippen molar-refractivity contribution in [2.24, 2.45) is 0 Å². The van der Waals surface area contributed by atoms with Gasteiger partial charge in [0.1, 0.15) is 5.82 Å². The lowest BCUT2D eigenvalue weighted by Gasteiger charge is -2.26. The third kappa shape index (κ3) is 5.60. The van der Waals surface area contributed by atoms with E-state index in [1.807, 2.05) is 6.92 Å². The molecule has 1 saturated heterocycles. The smallest absolute Gasteiger partial charge is 0.243 e. The van der Waals surface area contributed by atoms with Gasteiger partial charge in [-0.05, 0) is 49.2 Å². The molecule has 1 amide bonds. The molecule has 0 saturated carbocycles. The monoisotopic (exact) mass is 452 g/mol. The van der Waals surface area contributed by atoms with Crippen LogP contribution in [-0.2, 0) is 19.6 Å². The summed E-state index contributed by atoms with van der Waals surface area (Å²) in [5.41, 5.74) is 2.00. The standard InChI is InChI=1S/C21H25FN2O4S2/c1-15-3-8-19(13-20(15)30(26,27)24-9-11-28-12-10-24)23-21(25)14-29-16(2)17-4-6-18(22)7-5-17/h3-8,13,16H,9-12,14H2,1-2H3,(H,23,25). The number of nitrogens with zero attached hydrogens (tertiary/aromatic N) is 1. The van der Waals surface area contributed by atoms with Gasteiger partial charge in [-0.1, -0.05) is 18.2 Å². The highest BCUT2D eigenvalue weighted by Gasteiger charge is 2.28. The Morgan fingerprint density at radius 3 is 2.53 bits per heavy atom. The first-order chi connectivity index (χ1) is 14.3. The summed E-state index contributed by atoms with van der Waals surface area (Å²) in [6, 6.07) is 11.1. The molecule has 6 nitrogen and oxygen atoms in total. The number of amides is 1. The van der Waals surface area contributed by atoms with Crippen molar-refractivity contribution in [3.05, 3.63) is 59.4 Å². The summed E-state index contributed by atoms with van der Waals surface area (Å²) in [6.07, 6.45) is 0. The Morgan fingerprint density at radius 1 is 1.20 bits per heavy atom. The maximum atomic E-state index is 13.0. The largest absolute Gasteiger partial charge is 0.379 e. The number of carbonyl (C=O) groups is 1. The number of sulfonamides is 1. The molecule has 0 spiro atoms. The fraction of sp³-hybridized carbons (Fsp3) is 0.381.